The third kappa shape index (κ3) is 2.48. The molecule has 1 aromatic rings. The topological polar surface area (TPSA) is 72.4 Å². The predicted molar refractivity (Wildman–Crippen MR) is 55.8 cm³/mol. The largest absolute Gasteiger partial charge is 0.447 e. The third-order valence-electron chi connectivity index (χ3n) is 1.93. The normalized spacial score (nSPS) is 15.0. The molecule has 0 aliphatic carbocycles. The maximum Gasteiger partial charge on any atom is 0.416 e. The number of nitrogens with zero attached hydrogens (tertiary/aromatic N) is 3. The van der Waals surface area contributed by atoms with Gasteiger partial charge in [-0.15, -0.1) is 0 Å². The van der Waals surface area contributed by atoms with Crippen LogP contribution in [0, 0.1) is 0 Å². The highest BCUT2D eigenvalue weighted by Gasteiger charge is 2.28. The summed E-state index contributed by atoms with van der Waals surface area (Å²) in [6, 6.07) is 1.70. The van der Waals surface area contributed by atoms with E-state index in [4.69, 9.17) is 0 Å². The molecule has 84 valence electrons. The molecule has 16 heavy (non-hydrogen) atoms. The Kier molecular flexibility index (Phi) is 3.35. The summed E-state index contributed by atoms with van der Waals surface area (Å²) >= 11 is 1.20. The zero-order valence-electron chi connectivity index (χ0n) is 8.33. The highest BCUT2D eigenvalue weighted by atomic mass is 32.2. The Morgan fingerprint density at radius 2 is 2.25 bits per heavy atom. The molecule has 6 nitrogen and oxygen atoms in total. The fraction of sp³-hybridized carbons (Fsp3) is 0.333. The van der Waals surface area contributed by atoms with E-state index in [9.17, 15) is 9.59 Å². The number of carbonyl (C=O) groups excluding carboxylic acids is 2. The van der Waals surface area contributed by atoms with Crippen LogP contribution >= 0.6 is 11.8 Å². The standard InChI is InChI=1S/C9H9N3O3S/c13-7(12-4-5-15-9(12)14)6-16-8-10-2-1-3-11-8/h1-3H,4-6H2. The van der Waals surface area contributed by atoms with Crippen LogP contribution in [0.25, 0.3) is 0 Å². The minimum Gasteiger partial charge on any atom is -0.447 e. The van der Waals surface area contributed by atoms with Crippen LogP contribution in [0.3, 0.4) is 0 Å². The molecule has 0 unspecified atom stereocenters. The van der Waals surface area contributed by atoms with Gasteiger partial charge >= 0.3 is 6.09 Å². The van der Waals surface area contributed by atoms with Crippen molar-refractivity contribution in [3.63, 3.8) is 0 Å². The molecule has 0 atom stereocenters. The van der Waals surface area contributed by atoms with E-state index in [1.54, 1.807) is 18.5 Å². The summed E-state index contributed by atoms with van der Waals surface area (Å²) in [7, 11) is 0. The van der Waals surface area contributed by atoms with Crippen LogP contribution in [-0.2, 0) is 9.53 Å². The van der Waals surface area contributed by atoms with Crippen molar-refractivity contribution in [2.75, 3.05) is 18.9 Å². The number of carbonyl (C=O) groups is 2. The molecule has 2 heterocycles. The summed E-state index contributed by atoms with van der Waals surface area (Å²) in [6.07, 6.45) is 2.63. The smallest absolute Gasteiger partial charge is 0.416 e. The zero-order chi connectivity index (χ0) is 11.4. The van der Waals surface area contributed by atoms with E-state index in [0.717, 1.165) is 4.90 Å². The lowest BCUT2D eigenvalue weighted by Gasteiger charge is -2.09. The fourth-order valence-corrected chi connectivity index (χ4v) is 1.86. The second-order valence-electron chi connectivity index (χ2n) is 2.98. The Balaban J connectivity index is 1.86. The molecular formula is C9H9N3O3S. The lowest BCUT2D eigenvalue weighted by Crippen LogP contribution is -2.33. The van der Waals surface area contributed by atoms with Gasteiger partial charge in [0.25, 0.3) is 0 Å². The molecule has 0 bridgehead atoms. The summed E-state index contributed by atoms with van der Waals surface area (Å²) in [5.41, 5.74) is 0. The quantitative estimate of drug-likeness (QED) is 0.566. The van der Waals surface area contributed by atoms with Crippen molar-refractivity contribution in [2.24, 2.45) is 0 Å². The van der Waals surface area contributed by atoms with E-state index in [-0.39, 0.29) is 18.3 Å². The van der Waals surface area contributed by atoms with E-state index in [0.29, 0.717) is 11.7 Å². The molecule has 1 aliphatic heterocycles. The van der Waals surface area contributed by atoms with Crippen LogP contribution in [-0.4, -0.2) is 45.8 Å². The lowest BCUT2D eigenvalue weighted by atomic mass is 10.5. The molecule has 0 radical (unpaired) electrons. The van der Waals surface area contributed by atoms with Gasteiger partial charge in [0.1, 0.15) is 6.61 Å². The van der Waals surface area contributed by atoms with E-state index in [1.807, 2.05) is 0 Å². The summed E-state index contributed by atoms with van der Waals surface area (Å²) in [5.74, 6) is -0.140. The minimum atomic E-state index is -0.570. The number of imide groups is 1. The van der Waals surface area contributed by atoms with Crippen molar-refractivity contribution in [1.82, 2.24) is 14.9 Å². The molecule has 0 saturated carbocycles. The van der Waals surface area contributed by atoms with Gasteiger partial charge in [0.2, 0.25) is 5.91 Å². The first-order valence-corrected chi connectivity index (χ1v) is 5.63. The third-order valence-corrected chi connectivity index (χ3v) is 2.79. The monoisotopic (exact) mass is 239 g/mol. The number of amides is 2. The Bertz CT molecular complexity index is 398. The molecular weight excluding hydrogens is 230 g/mol. The average molecular weight is 239 g/mol. The molecule has 1 saturated heterocycles. The van der Waals surface area contributed by atoms with Crippen LogP contribution in [0.5, 0.6) is 0 Å². The predicted octanol–water partition coefficient (Wildman–Crippen LogP) is 0.547. The number of hydrogen-bond acceptors (Lipinski definition) is 6. The van der Waals surface area contributed by atoms with Crippen molar-refractivity contribution < 1.29 is 14.3 Å². The molecule has 0 spiro atoms. The molecule has 1 aliphatic rings. The summed E-state index contributed by atoms with van der Waals surface area (Å²) in [4.78, 5) is 31.7. The fourth-order valence-electron chi connectivity index (χ4n) is 1.18. The van der Waals surface area contributed by atoms with Gasteiger partial charge in [-0.1, -0.05) is 11.8 Å². The van der Waals surface area contributed by atoms with Gasteiger partial charge in [-0.2, -0.15) is 0 Å². The molecule has 2 amide bonds. The Morgan fingerprint density at radius 3 is 2.88 bits per heavy atom. The van der Waals surface area contributed by atoms with Crippen molar-refractivity contribution >= 4 is 23.8 Å². The molecule has 2 rings (SSSR count). The van der Waals surface area contributed by atoms with Crippen LogP contribution in [0.4, 0.5) is 4.79 Å². The van der Waals surface area contributed by atoms with E-state index in [2.05, 4.69) is 14.7 Å². The van der Waals surface area contributed by atoms with E-state index < -0.39 is 6.09 Å². The highest BCUT2D eigenvalue weighted by molar-refractivity contribution is 7.99. The summed E-state index contributed by atoms with van der Waals surface area (Å²) in [5, 5.41) is 0.517. The maximum absolute atomic E-state index is 11.6. The molecule has 1 fully saturated rings. The SMILES string of the molecule is O=C(CSc1ncccn1)N1CCOC1=O. The number of cyclic esters (lactones) is 1. The van der Waals surface area contributed by atoms with Crippen LogP contribution < -0.4 is 0 Å². The summed E-state index contributed by atoms with van der Waals surface area (Å²) < 4.78 is 4.66. The van der Waals surface area contributed by atoms with Gasteiger partial charge in [0.15, 0.2) is 5.16 Å². The molecule has 0 aromatic carbocycles. The van der Waals surface area contributed by atoms with E-state index >= 15 is 0 Å². The highest BCUT2D eigenvalue weighted by Crippen LogP contribution is 2.13. The first-order chi connectivity index (χ1) is 7.77. The number of rotatable bonds is 3. The minimum absolute atomic E-state index is 0.138. The average Bonchev–Trinajstić information content (AvgIpc) is 2.74. The van der Waals surface area contributed by atoms with Gasteiger partial charge in [-0.05, 0) is 6.07 Å². The number of ether oxygens (including phenoxy) is 1. The van der Waals surface area contributed by atoms with E-state index in [1.165, 1.54) is 11.8 Å². The second-order valence-corrected chi connectivity index (χ2v) is 3.92. The van der Waals surface area contributed by atoms with Gasteiger partial charge in [0.05, 0.1) is 12.3 Å². The van der Waals surface area contributed by atoms with Gasteiger partial charge in [-0.3, -0.25) is 4.79 Å². The second kappa shape index (κ2) is 4.93. The van der Waals surface area contributed by atoms with Crippen LogP contribution in [0.15, 0.2) is 23.6 Å². The molecule has 0 N–H and O–H groups in total. The van der Waals surface area contributed by atoms with Crippen molar-refractivity contribution in [1.29, 1.82) is 0 Å². The summed E-state index contributed by atoms with van der Waals surface area (Å²) in [6.45, 7) is 0.602. The van der Waals surface area contributed by atoms with Crippen molar-refractivity contribution in [3.8, 4) is 0 Å². The van der Waals surface area contributed by atoms with Crippen molar-refractivity contribution in [2.45, 2.75) is 5.16 Å². The first kappa shape index (κ1) is 10.9. The maximum atomic E-state index is 11.6. The van der Waals surface area contributed by atoms with Crippen LogP contribution in [0.1, 0.15) is 0 Å². The Hall–Kier alpha value is -1.63. The Labute approximate surface area is 96.0 Å². The molecule has 1 aromatic heterocycles. The van der Waals surface area contributed by atoms with Gasteiger partial charge in [-0.25, -0.2) is 19.7 Å². The van der Waals surface area contributed by atoms with Gasteiger partial charge < -0.3 is 4.74 Å². The number of hydrogen-bond donors (Lipinski definition) is 0. The van der Waals surface area contributed by atoms with Crippen molar-refractivity contribution in [3.05, 3.63) is 18.5 Å². The molecule has 7 heteroatoms. The Morgan fingerprint density at radius 1 is 1.50 bits per heavy atom. The van der Waals surface area contributed by atoms with Crippen LogP contribution in [0.2, 0.25) is 0 Å². The lowest BCUT2D eigenvalue weighted by molar-refractivity contribution is -0.125. The number of thioether (sulfide) groups is 1. The zero-order valence-corrected chi connectivity index (χ0v) is 9.14. The number of aromatic nitrogens is 2. The first-order valence-electron chi connectivity index (χ1n) is 4.64. The van der Waals surface area contributed by atoms with Gasteiger partial charge in [0, 0.05) is 12.4 Å².